The Bertz CT molecular complexity index is 522. The SMILES string of the molecule is C[C@H](O)[C@H]1/C=C/C(=O)O[C@@H](C)CC(=O)O[C@@H](C)[C@H](O)/C=C/C(=O)O1. The van der Waals surface area contributed by atoms with E-state index in [0.717, 1.165) is 18.2 Å². The molecule has 0 fully saturated rings. The summed E-state index contributed by atoms with van der Waals surface area (Å²) in [5.41, 5.74) is 0. The molecule has 2 N–H and O–H groups in total. The topological polar surface area (TPSA) is 119 Å². The van der Waals surface area contributed by atoms with E-state index in [9.17, 15) is 24.6 Å². The van der Waals surface area contributed by atoms with Crippen LogP contribution in [0.5, 0.6) is 0 Å². The van der Waals surface area contributed by atoms with Gasteiger partial charge in [-0.3, -0.25) is 4.79 Å². The lowest BCUT2D eigenvalue weighted by Crippen LogP contribution is -2.29. The highest BCUT2D eigenvalue weighted by atomic mass is 16.6. The van der Waals surface area contributed by atoms with Gasteiger partial charge in [0.2, 0.25) is 0 Å². The second kappa shape index (κ2) is 9.19. The zero-order chi connectivity index (χ0) is 18.3. The molecule has 0 spiro atoms. The Morgan fingerprint density at radius 1 is 1.04 bits per heavy atom. The number of rotatable bonds is 1. The maximum absolute atomic E-state index is 11.7. The first kappa shape index (κ1) is 19.9. The molecule has 1 heterocycles. The molecule has 5 atom stereocenters. The first-order chi connectivity index (χ1) is 11.2. The zero-order valence-corrected chi connectivity index (χ0v) is 13.7. The van der Waals surface area contributed by atoms with Crippen LogP contribution in [0.3, 0.4) is 0 Å². The summed E-state index contributed by atoms with van der Waals surface area (Å²) in [6, 6.07) is 0. The normalized spacial score (nSPS) is 34.0. The van der Waals surface area contributed by atoms with Gasteiger partial charge in [-0.2, -0.15) is 0 Å². The Balaban J connectivity index is 2.98. The second-order valence-electron chi connectivity index (χ2n) is 5.50. The summed E-state index contributed by atoms with van der Waals surface area (Å²) in [5, 5.41) is 19.4. The summed E-state index contributed by atoms with van der Waals surface area (Å²) in [6.45, 7) is 4.35. The lowest BCUT2D eigenvalue weighted by atomic mass is 10.2. The molecule has 0 aromatic rings. The van der Waals surface area contributed by atoms with Crippen molar-refractivity contribution < 1.29 is 38.8 Å². The highest BCUT2D eigenvalue weighted by Crippen LogP contribution is 2.09. The fraction of sp³-hybridized carbons (Fsp3) is 0.562. The van der Waals surface area contributed by atoms with Gasteiger partial charge in [-0.05, 0) is 32.9 Å². The minimum absolute atomic E-state index is 0.185. The van der Waals surface area contributed by atoms with E-state index in [1.54, 1.807) is 0 Å². The van der Waals surface area contributed by atoms with E-state index in [1.807, 2.05) is 0 Å². The summed E-state index contributed by atoms with van der Waals surface area (Å²) in [5.74, 6) is -2.24. The van der Waals surface area contributed by atoms with Crippen LogP contribution in [0.25, 0.3) is 0 Å². The summed E-state index contributed by atoms with van der Waals surface area (Å²) >= 11 is 0. The van der Waals surface area contributed by atoms with Crippen LogP contribution in [0.2, 0.25) is 0 Å². The Morgan fingerprint density at radius 3 is 2.25 bits per heavy atom. The molecular formula is C16H22O8. The largest absolute Gasteiger partial charge is 0.459 e. The van der Waals surface area contributed by atoms with E-state index in [1.165, 1.54) is 26.8 Å². The molecule has 0 aromatic carbocycles. The number of cyclic esters (lactones) is 3. The molecule has 8 heteroatoms. The first-order valence-electron chi connectivity index (χ1n) is 7.52. The summed E-state index contributed by atoms with van der Waals surface area (Å²) in [6.07, 6.45) is -0.911. The third-order valence-corrected chi connectivity index (χ3v) is 3.15. The van der Waals surface area contributed by atoms with Gasteiger partial charge < -0.3 is 24.4 Å². The molecular weight excluding hydrogens is 320 g/mol. The van der Waals surface area contributed by atoms with Crippen LogP contribution in [-0.4, -0.2) is 58.6 Å². The molecule has 0 aliphatic carbocycles. The highest BCUT2D eigenvalue weighted by Gasteiger charge is 2.22. The Labute approximate surface area is 139 Å². The van der Waals surface area contributed by atoms with Gasteiger partial charge in [-0.25, -0.2) is 9.59 Å². The van der Waals surface area contributed by atoms with Crippen LogP contribution in [-0.2, 0) is 28.6 Å². The Hall–Kier alpha value is -2.19. The lowest BCUT2D eigenvalue weighted by Gasteiger charge is -2.18. The number of carbonyl (C=O) groups excluding carboxylic acids is 3. The molecule has 24 heavy (non-hydrogen) atoms. The quantitative estimate of drug-likeness (QED) is 0.505. The van der Waals surface area contributed by atoms with Crippen molar-refractivity contribution in [3.05, 3.63) is 24.3 Å². The van der Waals surface area contributed by atoms with Crippen molar-refractivity contribution in [3.8, 4) is 0 Å². The van der Waals surface area contributed by atoms with Crippen LogP contribution in [0.4, 0.5) is 0 Å². The van der Waals surface area contributed by atoms with E-state index < -0.39 is 48.4 Å². The van der Waals surface area contributed by atoms with E-state index in [2.05, 4.69) is 0 Å². The summed E-state index contributed by atoms with van der Waals surface area (Å²) in [4.78, 5) is 35.1. The van der Waals surface area contributed by atoms with Crippen LogP contribution >= 0.6 is 0 Å². The van der Waals surface area contributed by atoms with E-state index in [-0.39, 0.29) is 6.42 Å². The predicted molar refractivity (Wildman–Crippen MR) is 81.6 cm³/mol. The molecule has 0 amide bonds. The summed E-state index contributed by atoms with van der Waals surface area (Å²) < 4.78 is 15.0. The monoisotopic (exact) mass is 342 g/mol. The molecule has 8 nitrogen and oxygen atoms in total. The predicted octanol–water partition coefficient (Wildman–Crippen LogP) is 0.0194. The molecule has 0 radical (unpaired) electrons. The number of aliphatic hydroxyl groups excluding tert-OH is 2. The minimum atomic E-state index is -1.22. The van der Waals surface area contributed by atoms with Crippen molar-refractivity contribution in [2.24, 2.45) is 0 Å². The average Bonchev–Trinajstić information content (AvgIpc) is 2.47. The van der Waals surface area contributed by atoms with Gasteiger partial charge in [0.15, 0.2) is 0 Å². The average molecular weight is 342 g/mol. The minimum Gasteiger partial charge on any atom is -0.459 e. The molecule has 0 aromatic heterocycles. The van der Waals surface area contributed by atoms with E-state index in [0.29, 0.717) is 0 Å². The number of ether oxygens (including phenoxy) is 3. The van der Waals surface area contributed by atoms with E-state index >= 15 is 0 Å². The van der Waals surface area contributed by atoms with Crippen molar-refractivity contribution in [3.63, 3.8) is 0 Å². The first-order valence-corrected chi connectivity index (χ1v) is 7.52. The number of hydrogen-bond donors (Lipinski definition) is 2. The van der Waals surface area contributed by atoms with Gasteiger partial charge in [-0.1, -0.05) is 0 Å². The van der Waals surface area contributed by atoms with Crippen molar-refractivity contribution in [2.75, 3.05) is 0 Å². The van der Waals surface area contributed by atoms with Gasteiger partial charge in [-0.15, -0.1) is 0 Å². The number of aliphatic hydroxyl groups is 2. The van der Waals surface area contributed by atoms with Crippen molar-refractivity contribution in [1.29, 1.82) is 0 Å². The molecule has 0 saturated heterocycles. The lowest BCUT2D eigenvalue weighted by molar-refractivity contribution is -0.157. The molecule has 134 valence electrons. The third-order valence-electron chi connectivity index (χ3n) is 3.15. The summed E-state index contributed by atoms with van der Waals surface area (Å²) in [7, 11) is 0. The Morgan fingerprint density at radius 2 is 1.62 bits per heavy atom. The molecule has 1 aliphatic heterocycles. The highest BCUT2D eigenvalue weighted by molar-refractivity contribution is 5.84. The fourth-order valence-electron chi connectivity index (χ4n) is 1.82. The standard InChI is InChI=1S/C16H22O8/c1-9-8-16(21)23-11(3)12(18)4-6-15(20)24-13(10(2)17)5-7-14(19)22-9/h4-7,9-13,17-18H,8H2,1-3H3/b6-4+,7-5+/t9-,10-,11-,12+,13+/m0/s1. The van der Waals surface area contributed by atoms with Gasteiger partial charge in [0.05, 0.1) is 12.5 Å². The fourth-order valence-corrected chi connectivity index (χ4v) is 1.82. The van der Waals surface area contributed by atoms with Crippen molar-refractivity contribution >= 4 is 17.9 Å². The number of carbonyl (C=O) groups is 3. The molecule has 1 rings (SSSR count). The van der Waals surface area contributed by atoms with Gasteiger partial charge in [0.25, 0.3) is 0 Å². The number of hydrogen-bond acceptors (Lipinski definition) is 8. The van der Waals surface area contributed by atoms with Crippen LogP contribution in [0.1, 0.15) is 27.2 Å². The Kier molecular flexibility index (Phi) is 7.60. The maximum atomic E-state index is 11.7. The molecule has 0 saturated carbocycles. The van der Waals surface area contributed by atoms with E-state index in [4.69, 9.17) is 14.2 Å². The number of esters is 3. The molecule has 0 bridgehead atoms. The zero-order valence-electron chi connectivity index (χ0n) is 13.7. The second-order valence-corrected chi connectivity index (χ2v) is 5.50. The molecule has 0 unspecified atom stereocenters. The van der Waals surface area contributed by atoms with Crippen LogP contribution in [0, 0.1) is 0 Å². The van der Waals surface area contributed by atoms with Crippen molar-refractivity contribution in [2.45, 2.75) is 57.7 Å². The van der Waals surface area contributed by atoms with Gasteiger partial charge >= 0.3 is 17.9 Å². The van der Waals surface area contributed by atoms with Crippen molar-refractivity contribution in [1.82, 2.24) is 0 Å². The van der Waals surface area contributed by atoms with Crippen LogP contribution < -0.4 is 0 Å². The third kappa shape index (κ3) is 6.93. The van der Waals surface area contributed by atoms with Gasteiger partial charge in [0.1, 0.15) is 24.4 Å². The maximum Gasteiger partial charge on any atom is 0.331 e. The smallest absolute Gasteiger partial charge is 0.331 e. The molecule has 1 aliphatic rings. The van der Waals surface area contributed by atoms with Crippen LogP contribution in [0.15, 0.2) is 24.3 Å². The van der Waals surface area contributed by atoms with Gasteiger partial charge in [0, 0.05) is 12.2 Å².